The molecule has 0 atom stereocenters. The van der Waals surface area contributed by atoms with Crippen molar-refractivity contribution in [1.82, 2.24) is 0 Å². The highest BCUT2D eigenvalue weighted by Crippen LogP contribution is 2.23. The Morgan fingerprint density at radius 1 is 1.20 bits per heavy atom. The fraction of sp³-hybridized carbons (Fsp3) is 0.455. The summed E-state index contributed by atoms with van der Waals surface area (Å²) in [5.41, 5.74) is 0.914. The van der Waals surface area contributed by atoms with Gasteiger partial charge < -0.3 is 0 Å². The molecule has 0 radical (unpaired) electrons. The summed E-state index contributed by atoms with van der Waals surface area (Å²) in [7, 11) is 1.43. The van der Waals surface area contributed by atoms with Crippen molar-refractivity contribution in [2.75, 3.05) is 6.54 Å². The van der Waals surface area contributed by atoms with E-state index in [9.17, 15) is 0 Å². The molecule has 15 heavy (non-hydrogen) atoms. The smallest absolute Gasteiger partial charge is 0.0853 e. The second-order valence-corrected chi connectivity index (χ2v) is 4.46. The lowest BCUT2D eigenvalue weighted by molar-refractivity contribution is 0.713. The quantitative estimate of drug-likeness (QED) is 0.325. The van der Waals surface area contributed by atoms with E-state index >= 15 is 0 Å². The number of rotatable bonds is 6. The minimum Gasteiger partial charge on any atom is -0.189 e. The first kappa shape index (κ1) is 12.6. The summed E-state index contributed by atoms with van der Waals surface area (Å²) >= 11 is 4.12. The van der Waals surface area contributed by atoms with Gasteiger partial charge in [-0.15, -0.1) is 11.7 Å². The monoisotopic (exact) mass is 240 g/mol. The van der Waals surface area contributed by atoms with Gasteiger partial charge in [-0.25, -0.2) is 0 Å². The molecule has 0 N–H and O–H groups in total. The average molecular weight is 240 g/mol. The van der Waals surface area contributed by atoms with Crippen LogP contribution in [0.25, 0.3) is 0 Å². The molecule has 0 aliphatic heterocycles. The molecule has 0 spiro atoms. The van der Waals surface area contributed by atoms with E-state index in [1.165, 1.54) is 23.6 Å². The summed E-state index contributed by atoms with van der Waals surface area (Å²) in [6.07, 6.45) is 3.59. The Bertz CT molecular complexity index is 296. The van der Waals surface area contributed by atoms with E-state index in [-0.39, 0.29) is 0 Å². The van der Waals surface area contributed by atoms with Crippen molar-refractivity contribution in [3.05, 3.63) is 24.3 Å². The van der Waals surface area contributed by atoms with Gasteiger partial charge in [0.15, 0.2) is 0 Å². The van der Waals surface area contributed by atoms with Crippen LogP contribution in [0.4, 0.5) is 5.69 Å². The molecule has 0 aromatic heterocycles. The number of unbranched alkanes of at least 4 members (excludes halogenated alkanes) is 2. The molecule has 0 heterocycles. The van der Waals surface area contributed by atoms with Crippen molar-refractivity contribution in [3.63, 3.8) is 0 Å². The first-order valence-corrected chi connectivity index (χ1v) is 7.02. The van der Waals surface area contributed by atoms with Crippen molar-refractivity contribution in [3.8, 4) is 0 Å². The van der Waals surface area contributed by atoms with Crippen LogP contribution < -0.4 is 0 Å². The number of thiol groups is 1. The van der Waals surface area contributed by atoms with E-state index in [2.05, 4.69) is 28.8 Å². The number of benzene rings is 1. The van der Waals surface area contributed by atoms with Crippen LogP contribution in [0.5, 0.6) is 0 Å². The molecule has 1 aromatic rings. The van der Waals surface area contributed by atoms with Crippen LogP contribution in [0, 0.1) is 0 Å². The molecule has 82 valence electrons. The Balaban J connectivity index is 2.36. The Kier molecular flexibility index (Phi) is 6.52. The predicted octanol–water partition coefficient (Wildman–Crippen LogP) is 4.90. The van der Waals surface area contributed by atoms with Crippen molar-refractivity contribution < 1.29 is 0 Å². The fourth-order valence-electron chi connectivity index (χ4n) is 1.14. The molecule has 0 aliphatic rings. The Hall–Kier alpha value is -0.480. The molecule has 2 nitrogen and oxygen atoms in total. The Morgan fingerprint density at radius 2 is 1.93 bits per heavy atom. The van der Waals surface area contributed by atoms with Gasteiger partial charge in [-0.3, -0.25) is 0 Å². The molecule has 0 amide bonds. The molecule has 1 aromatic carbocycles. The number of azo groups is 1. The van der Waals surface area contributed by atoms with Gasteiger partial charge in [0.05, 0.1) is 12.2 Å². The molecule has 0 saturated heterocycles. The van der Waals surface area contributed by atoms with E-state index in [4.69, 9.17) is 0 Å². The SMILES string of the molecule is CCCCCN=Nc1ccc(SS)cc1. The summed E-state index contributed by atoms with van der Waals surface area (Å²) < 4.78 is 0. The van der Waals surface area contributed by atoms with E-state index in [0.717, 1.165) is 23.5 Å². The standard InChI is InChI=1S/C11H16N2S2/c1-2-3-4-9-12-13-10-5-7-11(15-14)8-6-10/h5-8,14H,2-4,9H2,1H3. The van der Waals surface area contributed by atoms with Gasteiger partial charge in [-0.2, -0.15) is 10.2 Å². The van der Waals surface area contributed by atoms with E-state index in [1.54, 1.807) is 0 Å². The number of nitrogens with zero attached hydrogens (tertiary/aromatic N) is 2. The van der Waals surface area contributed by atoms with Crippen molar-refractivity contribution >= 4 is 28.1 Å². The summed E-state index contributed by atoms with van der Waals surface area (Å²) in [5.74, 6) is 0. The molecule has 0 aliphatic carbocycles. The molecule has 0 bridgehead atoms. The first-order valence-electron chi connectivity index (χ1n) is 5.16. The average Bonchev–Trinajstić information content (AvgIpc) is 2.30. The van der Waals surface area contributed by atoms with Crippen LogP contribution in [-0.2, 0) is 0 Å². The third-order valence-electron chi connectivity index (χ3n) is 1.99. The maximum Gasteiger partial charge on any atom is 0.0853 e. The van der Waals surface area contributed by atoms with Gasteiger partial charge in [0, 0.05) is 4.90 Å². The lowest BCUT2D eigenvalue weighted by atomic mass is 10.3. The van der Waals surface area contributed by atoms with Crippen LogP contribution in [0.3, 0.4) is 0 Å². The lowest BCUT2D eigenvalue weighted by Gasteiger charge is -1.95. The molecular weight excluding hydrogens is 224 g/mol. The van der Waals surface area contributed by atoms with Crippen LogP contribution in [-0.4, -0.2) is 6.54 Å². The highest BCUT2D eigenvalue weighted by atomic mass is 33.1. The van der Waals surface area contributed by atoms with E-state index < -0.39 is 0 Å². The largest absolute Gasteiger partial charge is 0.189 e. The molecular formula is C11H16N2S2. The molecule has 1 rings (SSSR count). The van der Waals surface area contributed by atoms with Gasteiger partial charge in [0.1, 0.15) is 0 Å². The van der Waals surface area contributed by atoms with E-state index in [0.29, 0.717) is 0 Å². The lowest BCUT2D eigenvalue weighted by Crippen LogP contribution is -1.78. The zero-order chi connectivity index (χ0) is 10.9. The van der Waals surface area contributed by atoms with Gasteiger partial charge >= 0.3 is 0 Å². The number of hydrogen-bond donors (Lipinski definition) is 1. The fourth-order valence-corrected chi connectivity index (χ4v) is 1.76. The van der Waals surface area contributed by atoms with Crippen LogP contribution in [0.2, 0.25) is 0 Å². The predicted molar refractivity (Wildman–Crippen MR) is 70.2 cm³/mol. The van der Waals surface area contributed by atoms with Gasteiger partial charge in [-0.1, -0.05) is 30.6 Å². The van der Waals surface area contributed by atoms with Gasteiger partial charge in [0.25, 0.3) is 0 Å². The van der Waals surface area contributed by atoms with Crippen molar-refractivity contribution in [1.29, 1.82) is 0 Å². The molecule has 0 saturated carbocycles. The number of hydrogen-bond acceptors (Lipinski definition) is 4. The summed E-state index contributed by atoms with van der Waals surface area (Å²) in [6.45, 7) is 3.02. The Labute approximate surface area is 100 Å². The highest BCUT2D eigenvalue weighted by Gasteiger charge is 1.91. The zero-order valence-electron chi connectivity index (χ0n) is 8.89. The van der Waals surface area contributed by atoms with Crippen molar-refractivity contribution in [2.45, 2.75) is 31.1 Å². The molecule has 0 unspecified atom stereocenters. The second kappa shape index (κ2) is 7.77. The zero-order valence-corrected chi connectivity index (χ0v) is 10.6. The normalized spacial score (nSPS) is 11.1. The summed E-state index contributed by atoms with van der Waals surface area (Å²) in [5, 5.41) is 8.28. The minimum atomic E-state index is 0.830. The van der Waals surface area contributed by atoms with Gasteiger partial charge in [0.2, 0.25) is 0 Å². The molecule has 0 fully saturated rings. The van der Waals surface area contributed by atoms with Crippen molar-refractivity contribution in [2.24, 2.45) is 10.2 Å². The Morgan fingerprint density at radius 3 is 2.53 bits per heavy atom. The third kappa shape index (κ3) is 5.23. The van der Waals surface area contributed by atoms with Crippen LogP contribution in [0.15, 0.2) is 39.4 Å². The molecule has 4 heteroatoms. The van der Waals surface area contributed by atoms with Gasteiger partial charge in [-0.05, 0) is 30.7 Å². The minimum absolute atomic E-state index is 0.830. The van der Waals surface area contributed by atoms with Crippen LogP contribution in [0.1, 0.15) is 26.2 Å². The summed E-state index contributed by atoms with van der Waals surface area (Å²) in [4.78, 5) is 1.13. The van der Waals surface area contributed by atoms with Crippen LogP contribution >= 0.6 is 22.5 Å². The third-order valence-corrected chi connectivity index (χ3v) is 3.11. The van der Waals surface area contributed by atoms with E-state index in [1.807, 2.05) is 24.3 Å². The topological polar surface area (TPSA) is 24.7 Å². The highest BCUT2D eigenvalue weighted by molar-refractivity contribution is 8.68. The maximum absolute atomic E-state index is 4.14. The first-order chi connectivity index (χ1) is 7.36. The second-order valence-electron chi connectivity index (χ2n) is 3.26. The summed E-state index contributed by atoms with van der Waals surface area (Å²) in [6, 6.07) is 7.92. The maximum atomic E-state index is 4.14.